The SMILES string of the molecule is Cc1ccc(Nc2ccccc2NC(=O)CC2CCCCC2)cc1. The maximum Gasteiger partial charge on any atom is 0.224 e. The van der Waals surface area contributed by atoms with E-state index < -0.39 is 0 Å². The number of anilines is 3. The molecule has 0 bridgehead atoms. The van der Waals surface area contributed by atoms with Crippen LogP contribution in [0, 0.1) is 12.8 Å². The molecule has 3 heteroatoms. The second-order valence-corrected chi connectivity index (χ2v) is 6.79. The minimum atomic E-state index is 0.125. The number of rotatable bonds is 5. The first-order chi connectivity index (χ1) is 11.7. The Balaban J connectivity index is 1.64. The first kappa shape index (κ1) is 16.6. The maximum atomic E-state index is 12.4. The molecule has 1 amide bonds. The summed E-state index contributed by atoms with van der Waals surface area (Å²) in [5.41, 5.74) is 4.03. The van der Waals surface area contributed by atoms with Crippen LogP contribution in [0.15, 0.2) is 48.5 Å². The fraction of sp³-hybridized carbons (Fsp3) is 0.381. The van der Waals surface area contributed by atoms with Gasteiger partial charge in [0, 0.05) is 12.1 Å². The van der Waals surface area contributed by atoms with Crippen LogP contribution in [-0.2, 0) is 4.79 Å². The summed E-state index contributed by atoms with van der Waals surface area (Å²) in [7, 11) is 0. The Labute approximate surface area is 144 Å². The average molecular weight is 322 g/mol. The fourth-order valence-corrected chi connectivity index (χ4v) is 3.35. The van der Waals surface area contributed by atoms with Gasteiger partial charge in [0.15, 0.2) is 0 Å². The highest BCUT2D eigenvalue weighted by molar-refractivity contribution is 5.95. The third-order valence-corrected chi connectivity index (χ3v) is 4.73. The molecule has 126 valence electrons. The number of hydrogen-bond acceptors (Lipinski definition) is 2. The third-order valence-electron chi connectivity index (χ3n) is 4.73. The average Bonchev–Trinajstić information content (AvgIpc) is 2.59. The van der Waals surface area contributed by atoms with Gasteiger partial charge in [0.05, 0.1) is 11.4 Å². The van der Waals surface area contributed by atoms with Crippen molar-refractivity contribution in [2.45, 2.75) is 45.4 Å². The number of hydrogen-bond donors (Lipinski definition) is 2. The summed E-state index contributed by atoms with van der Waals surface area (Å²) in [5.74, 6) is 0.677. The normalized spacial score (nSPS) is 15.0. The quantitative estimate of drug-likeness (QED) is 0.747. The molecule has 0 spiro atoms. The van der Waals surface area contributed by atoms with E-state index >= 15 is 0 Å². The predicted octanol–water partition coefficient (Wildman–Crippen LogP) is 5.65. The second-order valence-electron chi connectivity index (χ2n) is 6.79. The molecule has 0 unspecified atom stereocenters. The van der Waals surface area contributed by atoms with Gasteiger partial charge in [-0.2, -0.15) is 0 Å². The summed E-state index contributed by atoms with van der Waals surface area (Å²) in [6.45, 7) is 2.07. The van der Waals surface area contributed by atoms with Crippen molar-refractivity contribution in [3.05, 3.63) is 54.1 Å². The highest BCUT2D eigenvalue weighted by atomic mass is 16.1. The first-order valence-corrected chi connectivity index (χ1v) is 8.93. The van der Waals surface area contributed by atoms with E-state index in [2.05, 4.69) is 41.8 Å². The van der Waals surface area contributed by atoms with E-state index in [-0.39, 0.29) is 5.91 Å². The van der Waals surface area contributed by atoms with Gasteiger partial charge in [-0.3, -0.25) is 4.79 Å². The van der Waals surface area contributed by atoms with E-state index in [1.807, 2.05) is 24.3 Å². The zero-order valence-electron chi connectivity index (χ0n) is 14.3. The molecule has 2 aromatic carbocycles. The van der Waals surface area contributed by atoms with Crippen LogP contribution in [0.25, 0.3) is 0 Å². The lowest BCUT2D eigenvalue weighted by molar-refractivity contribution is -0.117. The van der Waals surface area contributed by atoms with E-state index in [0.29, 0.717) is 12.3 Å². The number of para-hydroxylation sites is 2. The van der Waals surface area contributed by atoms with Gasteiger partial charge >= 0.3 is 0 Å². The Morgan fingerprint density at radius 3 is 2.33 bits per heavy atom. The fourth-order valence-electron chi connectivity index (χ4n) is 3.35. The Morgan fingerprint density at radius 1 is 0.958 bits per heavy atom. The summed E-state index contributed by atoms with van der Waals surface area (Å²) in [5, 5.41) is 6.48. The van der Waals surface area contributed by atoms with Gasteiger partial charge in [-0.15, -0.1) is 0 Å². The molecule has 0 heterocycles. The summed E-state index contributed by atoms with van der Waals surface area (Å²) < 4.78 is 0. The molecular weight excluding hydrogens is 296 g/mol. The zero-order valence-corrected chi connectivity index (χ0v) is 14.3. The van der Waals surface area contributed by atoms with Gasteiger partial charge < -0.3 is 10.6 Å². The van der Waals surface area contributed by atoms with E-state index in [4.69, 9.17) is 0 Å². The van der Waals surface area contributed by atoms with E-state index in [1.54, 1.807) is 0 Å². The van der Waals surface area contributed by atoms with Crippen molar-refractivity contribution in [3.63, 3.8) is 0 Å². The highest BCUT2D eigenvalue weighted by Gasteiger charge is 2.17. The van der Waals surface area contributed by atoms with Crippen molar-refractivity contribution in [1.82, 2.24) is 0 Å². The number of aryl methyl sites for hydroxylation is 1. The monoisotopic (exact) mass is 322 g/mol. The van der Waals surface area contributed by atoms with Crippen LogP contribution < -0.4 is 10.6 Å². The van der Waals surface area contributed by atoms with Gasteiger partial charge in [-0.25, -0.2) is 0 Å². The van der Waals surface area contributed by atoms with Crippen LogP contribution >= 0.6 is 0 Å². The molecule has 0 atom stereocenters. The Bertz CT molecular complexity index is 672. The molecular formula is C21H26N2O. The number of carbonyl (C=O) groups is 1. The lowest BCUT2D eigenvalue weighted by Gasteiger charge is -2.21. The smallest absolute Gasteiger partial charge is 0.224 e. The number of benzene rings is 2. The molecule has 1 aliphatic rings. The Hall–Kier alpha value is -2.29. The van der Waals surface area contributed by atoms with E-state index in [9.17, 15) is 4.79 Å². The molecule has 0 radical (unpaired) electrons. The van der Waals surface area contributed by atoms with Crippen LogP contribution in [-0.4, -0.2) is 5.91 Å². The topological polar surface area (TPSA) is 41.1 Å². The molecule has 3 nitrogen and oxygen atoms in total. The lowest BCUT2D eigenvalue weighted by atomic mass is 9.87. The van der Waals surface area contributed by atoms with Gasteiger partial charge in [-0.1, -0.05) is 49.1 Å². The Morgan fingerprint density at radius 2 is 1.62 bits per heavy atom. The van der Waals surface area contributed by atoms with Crippen LogP contribution in [0.1, 0.15) is 44.1 Å². The second kappa shape index (κ2) is 8.00. The lowest BCUT2D eigenvalue weighted by Crippen LogP contribution is -2.18. The minimum Gasteiger partial charge on any atom is -0.354 e. The Kier molecular flexibility index (Phi) is 5.52. The molecule has 0 saturated heterocycles. The summed E-state index contributed by atoms with van der Waals surface area (Å²) in [4.78, 5) is 12.4. The summed E-state index contributed by atoms with van der Waals surface area (Å²) >= 11 is 0. The van der Waals surface area contributed by atoms with Gasteiger partial charge in [0.1, 0.15) is 0 Å². The molecule has 0 aliphatic heterocycles. The molecule has 3 rings (SSSR count). The standard InChI is InChI=1S/C21H26N2O/c1-16-11-13-18(14-12-16)22-19-9-5-6-10-20(19)23-21(24)15-17-7-3-2-4-8-17/h5-6,9-14,17,22H,2-4,7-8,15H2,1H3,(H,23,24). The number of amides is 1. The molecule has 24 heavy (non-hydrogen) atoms. The summed E-state index contributed by atoms with van der Waals surface area (Å²) in [6, 6.07) is 16.1. The van der Waals surface area contributed by atoms with Crippen molar-refractivity contribution < 1.29 is 4.79 Å². The predicted molar refractivity (Wildman–Crippen MR) is 101 cm³/mol. The summed E-state index contributed by atoms with van der Waals surface area (Å²) in [6.07, 6.45) is 6.88. The molecule has 1 aliphatic carbocycles. The van der Waals surface area contributed by atoms with Crippen LogP contribution in [0.4, 0.5) is 17.1 Å². The van der Waals surface area contributed by atoms with Crippen molar-refractivity contribution in [2.75, 3.05) is 10.6 Å². The molecule has 1 fully saturated rings. The van der Waals surface area contributed by atoms with Crippen molar-refractivity contribution in [1.29, 1.82) is 0 Å². The van der Waals surface area contributed by atoms with Crippen LogP contribution in [0.2, 0.25) is 0 Å². The van der Waals surface area contributed by atoms with Gasteiger partial charge in [-0.05, 0) is 49.9 Å². The molecule has 0 aromatic heterocycles. The van der Waals surface area contributed by atoms with Crippen molar-refractivity contribution in [2.24, 2.45) is 5.92 Å². The van der Waals surface area contributed by atoms with Crippen LogP contribution in [0.3, 0.4) is 0 Å². The highest BCUT2D eigenvalue weighted by Crippen LogP contribution is 2.28. The van der Waals surface area contributed by atoms with E-state index in [1.165, 1.54) is 37.7 Å². The van der Waals surface area contributed by atoms with Crippen molar-refractivity contribution >= 4 is 23.0 Å². The van der Waals surface area contributed by atoms with Gasteiger partial charge in [0.2, 0.25) is 5.91 Å². The molecule has 2 N–H and O–H groups in total. The minimum absolute atomic E-state index is 0.125. The number of nitrogens with one attached hydrogen (secondary N) is 2. The zero-order chi connectivity index (χ0) is 16.8. The number of carbonyl (C=O) groups excluding carboxylic acids is 1. The third kappa shape index (κ3) is 4.60. The van der Waals surface area contributed by atoms with Crippen LogP contribution in [0.5, 0.6) is 0 Å². The largest absolute Gasteiger partial charge is 0.354 e. The van der Waals surface area contributed by atoms with Gasteiger partial charge in [0.25, 0.3) is 0 Å². The van der Waals surface area contributed by atoms with Crippen molar-refractivity contribution in [3.8, 4) is 0 Å². The molecule has 2 aromatic rings. The molecule has 1 saturated carbocycles. The maximum absolute atomic E-state index is 12.4. The first-order valence-electron chi connectivity index (χ1n) is 8.93. The van der Waals surface area contributed by atoms with E-state index in [0.717, 1.165) is 17.1 Å².